The summed E-state index contributed by atoms with van der Waals surface area (Å²) in [5.74, 6) is 1.40. The monoisotopic (exact) mass is 642 g/mol. The standard InChI is InChI=1S/C36H42N4O7/c1-17-12-23(41)30-24(44-17)16-25-31(32(30)42)29-19-5-7-21(8-6-19)36(34(43)45-33(29)35(2,3)46-25)26(47-36)9-4-18-13-22(40-28(38)14-18)20-10-11-39-27(37)15-20/h10,12-16,19,21-22,26,29,33,39-40,42H,4-9,11,37-38H2,1-3H3. The molecule has 6 aliphatic heterocycles. The summed E-state index contributed by atoms with van der Waals surface area (Å²) >= 11 is 0. The fraction of sp³-hybridized carbons (Fsp3) is 0.500. The van der Waals surface area contributed by atoms with Crippen LogP contribution < -0.4 is 32.3 Å². The summed E-state index contributed by atoms with van der Waals surface area (Å²) in [6.07, 6.45) is 11.8. The van der Waals surface area contributed by atoms with Crippen molar-refractivity contribution in [2.45, 2.75) is 94.7 Å². The molecule has 11 nitrogen and oxygen atoms in total. The van der Waals surface area contributed by atoms with Crippen LogP contribution in [0.4, 0.5) is 0 Å². The van der Waals surface area contributed by atoms with Crippen LogP contribution in [0.3, 0.4) is 0 Å². The summed E-state index contributed by atoms with van der Waals surface area (Å²) in [4.78, 5) is 27.3. The van der Waals surface area contributed by atoms with Crippen molar-refractivity contribution >= 4 is 16.9 Å². The van der Waals surface area contributed by atoms with Gasteiger partial charge in [-0.1, -0.05) is 12.2 Å². The van der Waals surface area contributed by atoms with Gasteiger partial charge in [-0.05, 0) is 88.5 Å². The number of carbonyl (C=O) groups is 1. The van der Waals surface area contributed by atoms with Crippen molar-refractivity contribution < 1.29 is 28.5 Å². The maximum Gasteiger partial charge on any atom is 0.341 e. The van der Waals surface area contributed by atoms with Crippen LogP contribution in [0.2, 0.25) is 0 Å². The first-order valence-corrected chi connectivity index (χ1v) is 16.7. The maximum atomic E-state index is 14.3. The van der Waals surface area contributed by atoms with Gasteiger partial charge in [0.1, 0.15) is 39.9 Å². The second-order valence-corrected chi connectivity index (χ2v) is 14.5. The molecule has 7 N–H and O–H groups in total. The Morgan fingerprint density at radius 2 is 1.85 bits per heavy atom. The second kappa shape index (κ2) is 10.6. The third kappa shape index (κ3) is 4.80. The van der Waals surface area contributed by atoms with Gasteiger partial charge in [-0.15, -0.1) is 0 Å². The van der Waals surface area contributed by atoms with Crippen LogP contribution >= 0.6 is 0 Å². The number of carbonyl (C=O) groups excluding carboxylic acids is 1. The van der Waals surface area contributed by atoms with Crippen LogP contribution in [0.1, 0.15) is 69.6 Å². The van der Waals surface area contributed by atoms with Gasteiger partial charge in [-0.2, -0.15) is 0 Å². The van der Waals surface area contributed by atoms with Crippen LogP contribution in [0.15, 0.2) is 68.4 Å². The lowest BCUT2D eigenvalue weighted by Gasteiger charge is -2.47. The topological polar surface area (TPSA) is 175 Å². The number of phenols is 1. The first kappa shape index (κ1) is 30.0. The molecule has 47 heavy (non-hydrogen) atoms. The first-order chi connectivity index (χ1) is 22.4. The Balaban J connectivity index is 1.08. The molecule has 1 aliphatic carbocycles. The molecule has 3 saturated heterocycles. The van der Waals surface area contributed by atoms with Crippen LogP contribution in [0.25, 0.3) is 11.0 Å². The number of phenolic OH excluding ortho intramolecular Hbond substituents is 1. The minimum atomic E-state index is -1.02. The number of hydrogen-bond donors (Lipinski definition) is 5. The SMILES string of the molecule is Cc1cc(=O)c2c(O)c3c(cc2o1)OC(C)(C)C1OC(=O)C2(OC2CCC2=CC(C4=CCNC(N)=C4)NC(N)=C2)C2CCC(CC2)C31. The Morgan fingerprint density at radius 1 is 1.06 bits per heavy atom. The van der Waals surface area contributed by atoms with E-state index in [1.54, 1.807) is 13.0 Å². The highest BCUT2D eigenvalue weighted by molar-refractivity contribution is 5.88. The summed E-state index contributed by atoms with van der Waals surface area (Å²) in [6.45, 7) is 6.18. The number of benzene rings is 1. The lowest BCUT2D eigenvalue weighted by molar-refractivity contribution is -0.172. The number of nitrogens with two attached hydrogens (primary N) is 2. The number of epoxide rings is 1. The zero-order valence-corrected chi connectivity index (χ0v) is 26.9. The van der Waals surface area contributed by atoms with E-state index in [1.165, 1.54) is 6.07 Å². The van der Waals surface area contributed by atoms with Crippen LogP contribution in [-0.2, 0) is 14.3 Å². The largest absolute Gasteiger partial charge is 0.507 e. The number of allylic oxidation sites excluding steroid dienone is 2. The van der Waals surface area contributed by atoms with E-state index in [-0.39, 0.29) is 58.0 Å². The van der Waals surface area contributed by atoms with Crippen molar-refractivity contribution in [3.05, 3.63) is 80.8 Å². The highest BCUT2D eigenvalue weighted by atomic mass is 16.7. The Bertz CT molecular complexity index is 1860. The van der Waals surface area contributed by atoms with Gasteiger partial charge in [0, 0.05) is 36.1 Å². The number of dihydropyridines is 2. The molecule has 0 radical (unpaired) electrons. The number of aryl methyl sites for hydroxylation is 1. The van der Waals surface area contributed by atoms with E-state index in [0.29, 0.717) is 48.1 Å². The number of fused-ring (bicyclic) bond motifs is 5. The van der Waals surface area contributed by atoms with Crippen molar-refractivity contribution in [2.75, 3.05) is 6.54 Å². The zero-order valence-electron chi connectivity index (χ0n) is 26.9. The molecule has 0 amide bonds. The molecule has 1 aromatic heterocycles. The van der Waals surface area contributed by atoms with E-state index in [1.807, 2.05) is 26.0 Å². The van der Waals surface area contributed by atoms with Crippen molar-refractivity contribution in [1.82, 2.24) is 10.6 Å². The lowest BCUT2D eigenvalue weighted by Crippen LogP contribution is -2.53. The molecule has 4 fully saturated rings. The summed E-state index contributed by atoms with van der Waals surface area (Å²) in [6, 6.07) is 2.99. The summed E-state index contributed by atoms with van der Waals surface area (Å²) in [5, 5.41) is 18.2. The summed E-state index contributed by atoms with van der Waals surface area (Å²) in [5.41, 5.74) is 13.0. The number of ether oxygens (including phenoxy) is 3. The number of nitrogens with one attached hydrogen (secondary N) is 2. The van der Waals surface area contributed by atoms with Crippen molar-refractivity contribution in [3.63, 3.8) is 0 Å². The molecule has 5 atom stereocenters. The van der Waals surface area contributed by atoms with E-state index in [0.717, 1.165) is 36.8 Å². The Morgan fingerprint density at radius 3 is 2.62 bits per heavy atom. The number of aromatic hydroxyl groups is 1. The normalized spacial score (nSPS) is 33.6. The van der Waals surface area contributed by atoms with Crippen LogP contribution in [0.5, 0.6) is 11.5 Å². The van der Waals surface area contributed by atoms with Gasteiger partial charge < -0.3 is 45.8 Å². The molecule has 9 rings (SSSR count). The van der Waals surface area contributed by atoms with E-state index in [2.05, 4.69) is 22.8 Å². The van der Waals surface area contributed by atoms with Crippen molar-refractivity contribution in [3.8, 4) is 11.5 Å². The zero-order chi connectivity index (χ0) is 32.8. The average Bonchev–Trinajstić information content (AvgIpc) is 3.74. The molecule has 7 aliphatic rings. The van der Waals surface area contributed by atoms with Gasteiger partial charge in [-0.3, -0.25) is 4.79 Å². The Kier molecular flexibility index (Phi) is 6.74. The quantitative estimate of drug-likeness (QED) is 0.243. The van der Waals surface area contributed by atoms with Gasteiger partial charge in [0.15, 0.2) is 11.0 Å². The van der Waals surface area contributed by atoms with Gasteiger partial charge in [0.2, 0.25) is 0 Å². The number of hydrogen-bond acceptors (Lipinski definition) is 11. The lowest BCUT2D eigenvalue weighted by atomic mass is 9.66. The van der Waals surface area contributed by atoms with Gasteiger partial charge >= 0.3 is 5.97 Å². The highest BCUT2D eigenvalue weighted by Crippen LogP contribution is 2.60. The average molecular weight is 643 g/mol. The number of esters is 1. The first-order valence-electron chi connectivity index (χ1n) is 16.7. The molecular formula is C36H42N4O7. The molecular weight excluding hydrogens is 600 g/mol. The van der Waals surface area contributed by atoms with E-state index in [4.69, 9.17) is 30.1 Å². The molecule has 11 heteroatoms. The minimum Gasteiger partial charge on any atom is -0.507 e. The molecule has 5 unspecified atom stereocenters. The summed E-state index contributed by atoms with van der Waals surface area (Å²) in [7, 11) is 0. The molecule has 248 valence electrons. The molecule has 1 aromatic carbocycles. The van der Waals surface area contributed by atoms with E-state index >= 15 is 0 Å². The predicted molar refractivity (Wildman–Crippen MR) is 174 cm³/mol. The molecule has 1 spiro atoms. The summed E-state index contributed by atoms with van der Waals surface area (Å²) < 4.78 is 25.2. The fourth-order valence-electron chi connectivity index (χ4n) is 8.89. The predicted octanol–water partition coefficient (Wildman–Crippen LogP) is 3.74. The third-order valence-electron chi connectivity index (χ3n) is 11.1. The van der Waals surface area contributed by atoms with Gasteiger partial charge in [0.05, 0.1) is 23.8 Å². The van der Waals surface area contributed by atoms with Crippen LogP contribution in [0, 0.1) is 18.8 Å². The van der Waals surface area contributed by atoms with Crippen molar-refractivity contribution in [1.29, 1.82) is 0 Å². The van der Waals surface area contributed by atoms with E-state index < -0.39 is 17.3 Å². The third-order valence-corrected chi connectivity index (χ3v) is 11.1. The van der Waals surface area contributed by atoms with Crippen molar-refractivity contribution in [2.24, 2.45) is 23.3 Å². The number of rotatable bonds is 4. The Hall–Kier alpha value is -4.38. The minimum absolute atomic E-state index is 0.0310. The van der Waals surface area contributed by atoms with Gasteiger partial charge in [0.25, 0.3) is 0 Å². The second-order valence-electron chi connectivity index (χ2n) is 14.5. The molecule has 1 saturated carbocycles. The smallest absolute Gasteiger partial charge is 0.341 e. The molecule has 2 aromatic rings. The maximum absolute atomic E-state index is 14.3. The highest BCUT2D eigenvalue weighted by Gasteiger charge is 2.69. The Labute approximate surface area is 272 Å². The van der Waals surface area contributed by atoms with Crippen LogP contribution in [-0.4, -0.2) is 47.1 Å². The fourth-order valence-corrected chi connectivity index (χ4v) is 8.89. The molecule has 2 bridgehead atoms. The van der Waals surface area contributed by atoms with E-state index in [9.17, 15) is 14.7 Å². The van der Waals surface area contributed by atoms with Gasteiger partial charge in [-0.25, -0.2) is 4.79 Å². The molecule has 7 heterocycles.